The Labute approximate surface area is 212 Å². The molecule has 2 heterocycles. The average Bonchev–Trinajstić information content (AvgIpc) is 3.15. The van der Waals surface area contributed by atoms with Gasteiger partial charge in [-0.05, 0) is 77.1 Å². The Morgan fingerprint density at radius 3 is 2.44 bits per heavy atom. The second kappa shape index (κ2) is 8.87. The zero-order valence-corrected chi connectivity index (χ0v) is 21.7. The fraction of sp³-hybridized carbons (Fsp3) is 0.448. The van der Waals surface area contributed by atoms with Gasteiger partial charge in [0.2, 0.25) is 5.91 Å². The minimum atomic E-state index is -0.661. The third kappa shape index (κ3) is 4.92. The number of rotatable bonds is 5. The maximum Gasteiger partial charge on any atom is 0.410 e. The summed E-state index contributed by atoms with van der Waals surface area (Å²) in [5, 5.41) is 3.96. The molecule has 1 saturated heterocycles. The molecule has 2 aliphatic rings. The molecule has 1 aliphatic carbocycles. The van der Waals surface area contributed by atoms with Crippen LogP contribution in [0.3, 0.4) is 0 Å². The van der Waals surface area contributed by atoms with Crippen molar-refractivity contribution in [3.63, 3.8) is 0 Å². The number of aromatic amines is 1. The van der Waals surface area contributed by atoms with E-state index in [1.165, 1.54) is 11.1 Å². The highest BCUT2D eigenvalue weighted by Gasteiger charge is 2.48. The quantitative estimate of drug-likeness (QED) is 0.461. The van der Waals surface area contributed by atoms with Crippen LogP contribution < -0.4 is 10.1 Å². The van der Waals surface area contributed by atoms with Crippen LogP contribution in [-0.2, 0) is 9.53 Å². The standard InChI is InChI=1S/C29H35N3O4/c1-18-6-8-19(9-7-18)20-12-22(13-20)35-21-10-11-24-23(14-21)25(15-30-24)31-26(33)29(5)16-32(17-29)27(34)36-28(2,3)4/h6-11,14-15,20,22,30H,12-13,16-17H2,1-5H3,(H,31,33)/t20-,22-. The smallest absolute Gasteiger partial charge is 0.410 e. The number of carbonyl (C=O) groups is 2. The van der Waals surface area contributed by atoms with Crippen LogP contribution in [-0.4, -0.2) is 46.7 Å². The van der Waals surface area contributed by atoms with Gasteiger partial charge in [-0.15, -0.1) is 0 Å². The van der Waals surface area contributed by atoms with Gasteiger partial charge in [0.25, 0.3) is 0 Å². The fourth-order valence-electron chi connectivity index (χ4n) is 4.91. The molecule has 0 bridgehead atoms. The van der Waals surface area contributed by atoms with Crippen molar-refractivity contribution in [2.75, 3.05) is 18.4 Å². The lowest BCUT2D eigenvalue weighted by Crippen LogP contribution is -2.62. The molecule has 2 fully saturated rings. The number of nitrogens with one attached hydrogen (secondary N) is 2. The SMILES string of the molecule is Cc1ccc([C@H]2C[C@H](Oc3ccc4[nH]cc(NC(=O)C5(C)CN(C(=O)OC(C)(C)C)C5)c4c3)C2)cc1. The second-order valence-electron chi connectivity index (χ2n) is 11.6. The van der Waals surface area contributed by atoms with Gasteiger partial charge < -0.3 is 24.7 Å². The van der Waals surface area contributed by atoms with E-state index in [1.54, 1.807) is 11.1 Å². The van der Waals surface area contributed by atoms with E-state index in [0.29, 0.717) is 24.7 Å². The lowest BCUT2D eigenvalue weighted by Gasteiger charge is -2.46. The van der Waals surface area contributed by atoms with Crippen LogP contribution in [0.5, 0.6) is 5.75 Å². The van der Waals surface area contributed by atoms with E-state index < -0.39 is 11.0 Å². The van der Waals surface area contributed by atoms with Gasteiger partial charge in [0.15, 0.2) is 0 Å². The molecule has 2 aromatic carbocycles. The molecule has 2 amide bonds. The number of aryl methyl sites for hydroxylation is 1. The number of likely N-dealkylation sites (tertiary alicyclic amines) is 1. The van der Waals surface area contributed by atoms with Crippen LogP contribution >= 0.6 is 0 Å². The fourth-order valence-corrected chi connectivity index (χ4v) is 4.91. The molecule has 0 radical (unpaired) electrons. The van der Waals surface area contributed by atoms with E-state index >= 15 is 0 Å². The molecular formula is C29H35N3O4. The maximum absolute atomic E-state index is 13.1. The molecular weight excluding hydrogens is 454 g/mol. The monoisotopic (exact) mass is 489 g/mol. The van der Waals surface area contributed by atoms with Gasteiger partial charge in [-0.2, -0.15) is 0 Å². The van der Waals surface area contributed by atoms with Crippen LogP contribution in [0.4, 0.5) is 10.5 Å². The highest BCUT2D eigenvalue weighted by molar-refractivity contribution is 6.04. The van der Waals surface area contributed by atoms with Crippen LogP contribution in [0.15, 0.2) is 48.7 Å². The number of hydrogen-bond donors (Lipinski definition) is 2. The molecule has 36 heavy (non-hydrogen) atoms. The van der Waals surface area contributed by atoms with E-state index in [0.717, 1.165) is 29.5 Å². The van der Waals surface area contributed by atoms with Crippen molar-refractivity contribution in [2.45, 2.75) is 65.1 Å². The van der Waals surface area contributed by atoms with Crippen molar-refractivity contribution in [1.82, 2.24) is 9.88 Å². The lowest BCUT2D eigenvalue weighted by molar-refractivity contribution is -0.133. The Bertz CT molecular complexity index is 1280. The van der Waals surface area contributed by atoms with Crippen molar-refractivity contribution >= 4 is 28.6 Å². The van der Waals surface area contributed by atoms with Crippen LogP contribution in [0, 0.1) is 12.3 Å². The van der Waals surface area contributed by atoms with Crippen molar-refractivity contribution < 1.29 is 19.1 Å². The van der Waals surface area contributed by atoms with Gasteiger partial charge in [0.1, 0.15) is 11.4 Å². The minimum Gasteiger partial charge on any atom is -0.490 e. The van der Waals surface area contributed by atoms with E-state index in [9.17, 15) is 9.59 Å². The summed E-state index contributed by atoms with van der Waals surface area (Å²) in [6.07, 6.45) is 3.62. The summed E-state index contributed by atoms with van der Waals surface area (Å²) < 4.78 is 11.7. The maximum atomic E-state index is 13.1. The molecule has 1 saturated carbocycles. The Balaban J connectivity index is 1.19. The van der Waals surface area contributed by atoms with Gasteiger partial charge in [-0.25, -0.2) is 4.79 Å². The van der Waals surface area contributed by atoms with Crippen LogP contribution in [0.25, 0.3) is 10.9 Å². The predicted molar refractivity (Wildman–Crippen MR) is 140 cm³/mol. The third-order valence-electron chi connectivity index (χ3n) is 7.13. The molecule has 7 heteroatoms. The topological polar surface area (TPSA) is 83.7 Å². The number of benzene rings is 2. The van der Waals surface area contributed by atoms with Crippen molar-refractivity contribution in [1.29, 1.82) is 0 Å². The number of H-pyrrole nitrogens is 1. The zero-order valence-electron chi connectivity index (χ0n) is 21.7. The summed E-state index contributed by atoms with van der Waals surface area (Å²) in [6, 6.07) is 14.7. The molecule has 190 valence electrons. The summed E-state index contributed by atoms with van der Waals surface area (Å²) in [7, 11) is 0. The largest absolute Gasteiger partial charge is 0.490 e. The summed E-state index contributed by atoms with van der Waals surface area (Å²) in [6.45, 7) is 10.1. The third-order valence-corrected chi connectivity index (χ3v) is 7.13. The highest BCUT2D eigenvalue weighted by Crippen LogP contribution is 2.40. The summed E-state index contributed by atoms with van der Waals surface area (Å²) in [5.74, 6) is 1.23. The molecule has 5 rings (SSSR count). The molecule has 3 aromatic rings. The summed E-state index contributed by atoms with van der Waals surface area (Å²) in [5.41, 5.74) is 3.07. The number of carbonyl (C=O) groups excluding carboxylic acids is 2. The molecule has 1 aliphatic heterocycles. The first-order chi connectivity index (χ1) is 17.0. The van der Waals surface area contributed by atoms with E-state index in [2.05, 4.69) is 41.5 Å². The van der Waals surface area contributed by atoms with Crippen LogP contribution in [0.2, 0.25) is 0 Å². The number of amides is 2. The molecule has 7 nitrogen and oxygen atoms in total. The Morgan fingerprint density at radius 1 is 1.08 bits per heavy atom. The normalized spacial score (nSPS) is 20.9. The van der Waals surface area contributed by atoms with E-state index in [4.69, 9.17) is 9.47 Å². The first-order valence-corrected chi connectivity index (χ1v) is 12.6. The first-order valence-electron chi connectivity index (χ1n) is 12.6. The van der Waals surface area contributed by atoms with Crippen molar-refractivity contribution in [3.8, 4) is 5.75 Å². The van der Waals surface area contributed by atoms with Crippen molar-refractivity contribution in [2.24, 2.45) is 5.41 Å². The number of hydrogen-bond acceptors (Lipinski definition) is 4. The number of nitrogens with zero attached hydrogens (tertiary/aromatic N) is 1. The van der Waals surface area contributed by atoms with Crippen LogP contribution in [0.1, 0.15) is 57.6 Å². The van der Waals surface area contributed by atoms with Gasteiger partial charge in [0.05, 0.1) is 17.2 Å². The van der Waals surface area contributed by atoms with Crippen molar-refractivity contribution in [3.05, 3.63) is 59.8 Å². The number of ether oxygens (including phenoxy) is 2. The second-order valence-corrected chi connectivity index (χ2v) is 11.6. The predicted octanol–water partition coefficient (Wildman–Crippen LogP) is 6.00. The van der Waals surface area contributed by atoms with E-state index in [-0.39, 0.29) is 18.1 Å². The summed E-state index contributed by atoms with van der Waals surface area (Å²) in [4.78, 5) is 30.1. The van der Waals surface area contributed by atoms with Gasteiger partial charge in [-0.3, -0.25) is 4.79 Å². The van der Waals surface area contributed by atoms with Gasteiger partial charge in [-0.1, -0.05) is 29.8 Å². The molecule has 2 N–H and O–H groups in total. The molecule has 0 atom stereocenters. The highest BCUT2D eigenvalue weighted by atomic mass is 16.6. The molecule has 0 spiro atoms. The van der Waals surface area contributed by atoms with E-state index in [1.807, 2.05) is 45.9 Å². The Morgan fingerprint density at radius 2 is 1.78 bits per heavy atom. The Hall–Kier alpha value is -3.48. The average molecular weight is 490 g/mol. The zero-order chi connectivity index (χ0) is 25.7. The van der Waals surface area contributed by atoms with Gasteiger partial charge in [0, 0.05) is 30.2 Å². The number of aromatic nitrogens is 1. The molecule has 0 unspecified atom stereocenters. The number of anilines is 1. The Kier molecular flexibility index (Phi) is 5.97. The lowest BCUT2D eigenvalue weighted by atomic mass is 9.77. The first kappa shape index (κ1) is 24.2. The minimum absolute atomic E-state index is 0.116. The van der Waals surface area contributed by atoms with Gasteiger partial charge >= 0.3 is 6.09 Å². The summed E-state index contributed by atoms with van der Waals surface area (Å²) >= 11 is 0. The molecule has 1 aromatic heterocycles. The number of fused-ring (bicyclic) bond motifs is 1.